The van der Waals surface area contributed by atoms with Gasteiger partial charge in [-0.15, -0.1) is 0 Å². The number of hydrogen-bond acceptors (Lipinski definition) is 5. The first-order valence-corrected chi connectivity index (χ1v) is 9.53. The third-order valence-corrected chi connectivity index (χ3v) is 5.38. The standard InChI is InChI=1S/C23H22N2O4/c1-14-4-5-15-11-16(22-17(13-26)3-2-10-24-22)6-9-20(15)25(14)23(29)19-8-7-18(27)12-21(19)28/h2-3,6-12,14,26-28H,4-5,13H2,1H3. The van der Waals surface area contributed by atoms with E-state index in [0.29, 0.717) is 0 Å². The molecule has 1 aliphatic rings. The van der Waals surface area contributed by atoms with Gasteiger partial charge in [0, 0.05) is 35.1 Å². The van der Waals surface area contributed by atoms with Crippen LogP contribution < -0.4 is 4.90 Å². The summed E-state index contributed by atoms with van der Waals surface area (Å²) >= 11 is 0. The summed E-state index contributed by atoms with van der Waals surface area (Å²) in [4.78, 5) is 19.3. The van der Waals surface area contributed by atoms with Crippen LogP contribution in [-0.4, -0.2) is 32.3 Å². The normalized spacial score (nSPS) is 15.8. The lowest BCUT2D eigenvalue weighted by Gasteiger charge is -2.35. The third-order valence-electron chi connectivity index (χ3n) is 5.38. The highest BCUT2D eigenvalue weighted by atomic mass is 16.3. The number of aromatic hydroxyl groups is 2. The Morgan fingerprint density at radius 2 is 2.00 bits per heavy atom. The van der Waals surface area contributed by atoms with Crippen molar-refractivity contribution in [3.63, 3.8) is 0 Å². The van der Waals surface area contributed by atoms with E-state index in [-0.39, 0.29) is 35.6 Å². The Morgan fingerprint density at radius 1 is 1.17 bits per heavy atom. The molecule has 0 aliphatic carbocycles. The molecule has 0 radical (unpaired) electrons. The Morgan fingerprint density at radius 3 is 2.76 bits per heavy atom. The Balaban J connectivity index is 1.75. The molecule has 1 amide bonds. The Kier molecular flexibility index (Phi) is 4.94. The zero-order chi connectivity index (χ0) is 20.5. The summed E-state index contributed by atoms with van der Waals surface area (Å²) in [5, 5.41) is 29.3. The molecule has 148 valence electrons. The molecule has 6 heteroatoms. The summed E-state index contributed by atoms with van der Waals surface area (Å²) in [5.41, 5.74) is 4.33. The van der Waals surface area contributed by atoms with Gasteiger partial charge in [-0.05, 0) is 55.7 Å². The highest BCUT2D eigenvalue weighted by molar-refractivity contribution is 6.09. The first-order valence-electron chi connectivity index (χ1n) is 9.53. The first kappa shape index (κ1) is 19.0. The molecule has 4 rings (SSSR count). The molecule has 0 saturated heterocycles. The number of phenolic OH excluding ortho intramolecular Hbond substituents is 2. The SMILES string of the molecule is CC1CCc2cc(-c3ncccc3CO)ccc2N1C(=O)c1ccc(O)cc1O. The maximum absolute atomic E-state index is 13.2. The van der Waals surface area contributed by atoms with Crippen LogP contribution in [0.4, 0.5) is 5.69 Å². The van der Waals surface area contributed by atoms with E-state index in [1.165, 1.54) is 18.2 Å². The average Bonchev–Trinajstić information content (AvgIpc) is 2.73. The van der Waals surface area contributed by atoms with Crippen molar-refractivity contribution in [1.29, 1.82) is 0 Å². The largest absolute Gasteiger partial charge is 0.508 e. The van der Waals surface area contributed by atoms with Crippen molar-refractivity contribution >= 4 is 11.6 Å². The van der Waals surface area contributed by atoms with Crippen LogP contribution in [-0.2, 0) is 13.0 Å². The van der Waals surface area contributed by atoms with Gasteiger partial charge in [0.25, 0.3) is 5.91 Å². The number of carbonyl (C=O) groups is 1. The van der Waals surface area contributed by atoms with Crippen LogP contribution in [0, 0.1) is 0 Å². The van der Waals surface area contributed by atoms with Crippen molar-refractivity contribution in [2.24, 2.45) is 0 Å². The van der Waals surface area contributed by atoms with Gasteiger partial charge in [0.1, 0.15) is 11.5 Å². The molecule has 1 aromatic heterocycles. The molecule has 29 heavy (non-hydrogen) atoms. The highest BCUT2D eigenvalue weighted by Crippen LogP contribution is 2.36. The minimum absolute atomic E-state index is 0.0306. The maximum atomic E-state index is 13.2. The monoisotopic (exact) mass is 390 g/mol. The smallest absolute Gasteiger partial charge is 0.262 e. The number of fused-ring (bicyclic) bond motifs is 1. The molecule has 1 aliphatic heterocycles. The molecule has 3 aromatic rings. The molecule has 1 unspecified atom stereocenters. The van der Waals surface area contributed by atoms with Crippen molar-refractivity contribution in [2.75, 3.05) is 4.90 Å². The van der Waals surface area contributed by atoms with Gasteiger partial charge < -0.3 is 20.2 Å². The van der Waals surface area contributed by atoms with Gasteiger partial charge in [0.05, 0.1) is 17.9 Å². The maximum Gasteiger partial charge on any atom is 0.262 e. The van der Waals surface area contributed by atoms with E-state index in [2.05, 4.69) is 4.98 Å². The predicted molar refractivity (Wildman–Crippen MR) is 110 cm³/mol. The molecule has 3 N–H and O–H groups in total. The number of phenols is 2. The molecule has 2 heterocycles. The zero-order valence-electron chi connectivity index (χ0n) is 16.0. The topological polar surface area (TPSA) is 93.9 Å². The number of nitrogens with zero attached hydrogens (tertiary/aromatic N) is 2. The number of aromatic nitrogens is 1. The van der Waals surface area contributed by atoms with Gasteiger partial charge in [-0.2, -0.15) is 0 Å². The van der Waals surface area contributed by atoms with Crippen LogP contribution in [0.3, 0.4) is 0 Å². The molecule has 0 fully saturated rings. The minimum Gasteiger partial charge on any atom is -0.508 e. The number of amides is 1. The summed E-state index contributed by atoms with van der Waals surface area (Å²) in [6.45, 7) is 1.89. The third kappa shape index (κ3) is 3.43. The van der Waals surface area contributed by atoms with Gasteiger partial charge in [-0.1, -0.05) is 12.1 Å². The van der Waals surface area contributed by atoms with Gasteiger partial charge in [0.15, 0.2) is 0 Å². The van der Waals surface area contributed by atoms with E-state index in [0.717, 1.165) is 40.9 Å². The number of aryl methyl sites for hydroxylation is 1. The average molecular weight is 390 g/mol. The summed E-state index contributed by atoms with van der Waals surface area (Å²) in [6, 6.07) is 13.4. The molecular formula is C23H22N2O4. The van der Waals surface area contributed by atoms with E-state index in [4.69, 9.17) is 0 Å². The Hall–Kier alpha value is -3.38. The second kappa shape index (κ2) is 7.56. The van der Waals surface area contributed by atoms with Crippen LogP contribution in [0.25, 0.3) is 11.3 Å². The van der Waals surface area contributed by atoms with Crippen molar-refractivity contribution in [2.45, 2.75) is 32.4 Å². The van der Waals surface area contributed by atoms with E-state index < -0.39 is 0 Å². The number of rotatable bonds is 3. The number of carbonyl (C=O) groups excluding carboxylic acids is 1. The fourth-order valence-corrected chi connectivity index (χ4v) is 3.87. The number of pyridine rings is 1. The van der Waals surface area contributed by atoms with E-state index in [1.54, 1.807) is 17.2 Å². The molecule has 0 bridgehead atoms. The lowest BCUT2D eigenvalue weighted by molar-refractivity contribution is 0.0972. The molecule has 1 atom stereocenters. The van der Waals surface area contributed by atoms with Crippen LogP contribution in [0.2, 0.25) is 0 Å². The van der Waals surface area contributed by atoms with Gasteiger partial charge in [-0.3, -0.25) is 9.78 Å². The molecule has 0 saturated carbocycles. The van der Waals surface area contributed by atoms with E-state index in [1.807, 2.05) is 31.2 Å². The van der Waals surface area contributed by atoms with Crippen LogP contribution >= 0.6 is 0 Å². The van der Waals surface area contributed by atoms with Gasteiger partial charge in [0.2, 0.25) is 0 Å². The summed E-state index contributed by atoms with van der Waals surface area (Å²) in [6.07, 6.45) is 3.30. The van der Waals surface area contributed by atoms with E-state index >= 15 is 0 Å². The Labute approximate surface area is 168 Å². The number of aliphatic hydroxyl groups is 1. The minimum atomic E-state index is -0.308. The summed E-state index contributed by atoms with van der Waals surface area (Å²) < 4.78 is 0. The van der Waals surface area contributed by atoms with Crippen molar-refractivity contribution in [1.82, 2.24) is 4.98 Å². The first-order chi connectivity index (χ1) is 14.0. The quantitative estimate of drug-likeness (QED) is 0.635. The lowest BCUT2D eigenvalue weighted by Crippen LogP contribution is -2.42. The predicted octanol–water partition coefficient (Wildman–Crippen LogP) is 3.63. The fraction of sp³-hybridized carbons (Fsp3) is 0.217. The van der Waals surface area contributed by atoms with Crippen molar-refractivity contribution in [3.05, 3.63) is 71.4 Å². The Bertz CT molecular complexity index is 1080. The molecule has 0 spiro atoms. The summed E-state index contributed by atoms with van der Waals surface area (Å²) in [5.74, 6) is -0.643. The number of aliphatic hydroxyl groups excluding tert-OH is 1. The molecular weight excluding hydrogens is 368 g/mol. The second-order valence-corrected chi connectivity index (χ2v) is 7.28. The lowest BCUT2D eigenvalue weighted by atomic mass is 9.92. The van der Waals surface area contributed by atoms with Gasteiger partial charge in [-0.25, -0.2) is 0 Å². The van der Waals surface area contributed by atoms with Crippen LogP contribution in [0.15, 0.2) is 54.7 Å². The van der Waals surface area contributed by atoms with Crippen LogP contribution in [0.5, 0.6) is 11.5 Å². The molecule has 6 nitrogen and oxygen atoms in total. The number of anilines is 1. The van der Waals surface area contributed by atoms with Crippen molar-refractivity contribution in [3.8, 4) is 22.8 Å². The fourth-order valence-electron chi connectivity index (χ4n) is 3.87. The summed E-state index contributed by atoms with van der Waals surface area (Å²) in [7, 11) is 0. The highest BCUT2D eigenvalue weighted by Gasteiger charge is 2.30. The van der Waals surface area contributed by atoms with Crippen LogP contribution in [0.1, 0.15) is 34.8 Å². The number of benzene rings is 2. The zero-order valence-corrected chi connectivity index (χ0v) is 16.0. The van der Waals surface area contributed by atoms with Crippen molar-refractivity contribution < 1.29 is 20.1 Å². The second-order valence-electron chi connectivity index (χ2n) is 7.28. The van der Waals surface area contributed by atoms with Gasteiger partial charge >= 0.3 is 0 Å². The molecule has 2 aromatic carbocycles. The number of hydrogen-bond donors (Lipinski definition) is 3. The van der Waals surface area contributed by atoms with E-state index in [9.17, 15) is 20.1 Å².